The van der Waals surface area contributed by atoms with Crippen molar-refractivity contribution in [3.63, 3.8) is 0 Å². The summed E-state index contributed by atoms with van der Waals surface area (Å²) in [6.45, 7) is 4.48. The van der Waals surface area contributed by atoms with E-state index in [0.717, 1.165) is 27.6 Å². The van der Waals surface area contributed by atoms with Crippen molar-refractivity contribution in [2.75, 3.05) is 0 Å². The Morgan fingerprint density at radius 3 is 2.56 bits per heavy atom. The fourth-order valence-electron chi connectivity index (χ4n) is 4.39. The van der Waals surface area contributed by atoms with E-state index in [0.29, 0.717) is 17.7 Å². The number of halogens is 3. The number of nitrogens with one attached hydrogen (secondary N) is 1. The zero-order valence-electron chi connectivity index (χ0n) is 19.2. The average Bonchev–Trinajstić information content (AvgIpc) is 3.12. The van der Waals surface area contributed by atoms with E-state index in [4.69, 9.17) is 0 Å². The molecule has 0 aliphatic carbocycles. The fraction of sp³-hybridized carbons (Fsp3) is 0.250. The van der Waals surface area contributed by atoms with Crippen LogP contribution in [0.4, 0.5) is 13.2 Å². The van der Waals surface area contributed by atoms with E-state index in [9.17, 15) is 18.0 Å². The molecule has 0 bridgehead atoms. The van der Waals surface area contributed by atoms with Gasteiger partial charge in [-0.1, -0.05) is 54.1 Å². The highest BCUT2D eigenvalue weighted by molar-refractivity contribution is 5.87. The van der Waals surface area contributed by atoms with Crippen LogP contribution in [-0.2, 0) is 24.3 Å². The molecule has 1 aromatic heterocycles. The monoisotopic (exact) mass is 464 g/mol. The molecule has 0 aliphatic rings. The van der Waals surface area contributed by atoms with Gasteiger partial charge in [0.05, 0.1) is 5.69 Å². The van der Waals surface area contributed by atoms with Gasteiger partial charge >= 0.3 is 0 Å². The van der Waals surface area contributed by atoms with Gasteiger partial charge in [-0.05, 0) is 60.7 Å². The van der Waals surface area contributed by atoms with Gasteiger partial charge in [0.2, 0.25) is 5.91 Å². The summed E-state index contributed by atoms with van der Waals surface area (Å²) < 4.78 is 43.8. The summed E-state index contributed by atoms with van der Waals surface area (Å²) in [5.74, 6) is -0.638. The smallest absolute Gasteiger partial charge is 0.278 e. The van der Waals surface area contributed by atoms with Gasteiger partial charge in [-0.3, -0.25) is 4.79 Å². The zero-order valence-corrected chi connectivity index (χ0v) is 19.2. The number of aromatic nitrogens is 1. The molecule has 1 heterocycles. The lowest BCUT2D eigenvalue weighted by Crippen LogP contribution is -2.23. The van der Waals surface area contributed by atoms with Crippen LogP contribution in [0, 0.1) is 19.7 Å². The molecule has 0 aliphatic heterocycles. The van der Waals surface area contributed by atoms with Crippen molar-refractivity contribution in [1.29, 1.82) is 0 Å². The van der Waals surface area contributed by atoms with E-state index in [1.807, 2.05) is 56.3 Å². The molecule has 0 radical (unpaired) electrons. The van der Waals surface area contributed by atoms with Crippen molar-refractivity contribution in [2.24, 2.45) is 0 Å². The molecule has 1 amide bonds. The standard InChI is InChI=1S/C28H27F3N2O/c1-18-10-11-19(2)21(14-18)17-33-25-9-4-3-8-23(25)24(27(33)28(30)31)12-13-26(34)32-16-20-6-5-7-22(29)15-20/h3-11,14-15,28H,12-13,16-17H2,1-2H3,(H,32,34). The van der Waals surface area contributed by atoms with E-state index in [1.165, 1.54) is 12.1 Å². The molecule has 0 fully saturated rings. The maximum atomic E-state index is 14.4. The van der Waals surface area contributed by atoms with Gasteiger partial charge in [0, 0.05) is 30.4 Å². The first-order valence-electron chi connectivity index (χ1n) is 11.3. The molecule has 176 valence electrons. The fourth-order valence-corrected chi connectivity index (χ4v) is 4.39. The summed E-state index contributed by atoms with van der Waals surface area (Å²) in [5.41, 5.74) is 4.94. The molecule has 0 unspecified atom stereocenters. The number of nitrogens with zero attached hydrogens (tertiary/aromatic N) is 1. The highest BCUT2D eigenvalue weighted by Gasteiger charge is 2.24. The van der Waals surface area contributed by atoms with E-state index in [-0.39, 0.29) is 36.8 Å². The number of hydrogen-bond acceptors (Lipinski definition) is 1. The minimum Gasteiger partial charge on any atom is -0.352 e. The molecular weight excluding hydrogens is 437 g/mol. The molecule has 6 heteroatoms. The number of hydrogen-bond donors (Lipinski definition) is 1. The molecular formula is C28H27F3N2O. The van der Waals surface area contributed by atoms with Crippen molar-refractivity contribution in [1.82, 2.24) is 9.88 Å². The van der Waals surface area contributed by atoms with Crippen molar-refractivity contribution in [3.8, 4) is 0 Å². The van der Waals surface area contributed by atoms with Crippen molar-refractivity contribution in [2.45, 2.75) is 46.2 Å². The van der Waals surface area contributed by atoms with Gasteiger partial charge in [-0.25, -0.2) is 13.2 Å². The van der Waals surface area contributed by atoms with Crippen molar-refractivity contribution in [3.05, 3.63) is 106 Å². The summed E-state index contributed by atoms with van der Waals surface area (Å²) in [6, 6.07) is 19.4. The molecule has 3 nitrogen and oxygen atoms in total. The predicted molar refractivity (Wildman–Crippen MR) is 128 cm³/mol. The number of aryl methyl sites for hydroxylation is 3. The largest absolute Gasteiger partial charge is 0.352 e. The summed E-state index contributed by atoms with van der Waals surface area (Å²) >= 11 is 0. The molecule has 3 aromatic carbocycles. The Morgan fingerprint density at radius 2 is 1.79 bits per heavy atom. The molecule has 0 saturated carbocycles. The van der Waals surface area contributed by atoms with E-state index < -0.39 is 6.43 Å². The predicted octanol–water partition coefficient (Wildman–Crippen LogP) is 6.63. The molecule has 1 N–H and O–H groups in total. The molecule has 4 aromatic rings. The maximum absolute atomic E-state index is 14.4. The molecule has 4 rings (SSSR count). The Hall–Kier alpha value is -3.54. The van der Waals surface area contributed by atoms with Crippen LogP contribution in [0.1, 0.15) is 46.4 Å². The highest BCUT2D eigenvalue weighted by atomic mass is 19.3. The van der Waals surface area contributed by atoms with Gasteiger partial charge in [-0.2, -0.15) is 0 Å². The number of benzene rings is 3. The quantitative estimate of drug-likeness (QED) is 0.312. The normalized spacial score (nSPS) is 11.4. The lowest BCUT2D eigenvalue weighted by Gasteiger charge is -2.14. The van der Waals surface area contributed by atoms with E-state index >= 15 is 0 Å². The third kappa shape index (κ3) is 5.16. The number of carbonyl (C=O) groups is 1. The van der Waals surface area contributed by atoms with Crippen molar-refractivity contribution < 1.29 is 18.0 Å². The Kier molecular flexibility index (Phi) is 7.06. The summed E-state index contributed by atoms with van der Waals surface area (Å²) in [5, 5.41) is 3.49. The van der Waals surface area contributed by atoms with Gasteiger partial charge in [0.15, 0.2) is 0 Å². The number of para-hydroxylation sites is 1. The Bertz CT molecular complexity index is 1330. The van der Waals surface area contributed by atoms with Crippen molar-refractivity contribution >= 4 is 16.8 Å². The van der Waals surface area contributed by atoms with Crippen LogP contribution >= 0.6 is 0 Å². The van der Waals surface area contributed by atoms with Gasteiger partial charge < -0.3 is 9.88 Å². The minimum atomic E-state index is -2.68. The van der Waals surface area contributed by atoms with Crippen LogP contribution in [0.15, 0.2) is 66.7 Å². The number of carbonyl (C=O) groups excluding carboxylic acids is 1. The SMILES string of the molecule is Cc1ccc(C)c(Cn2c(C(F)F)c(CCC(=O)NCc3cccc(F)c3)c3ccccc32)c1. The van der Waals surface area contributed by atoms with E-state index in [1.54, 1.807) is 16.7 Å². The third-order valence-electron chi connectivity index (χ3n) is 6.14. The van der Waals surface area contributed by atoms with E-state index in [2.05, 4.69) is 5.32 Å². The van der Waals surface area contributed by atoms with Gasteiger partial charge in [0.25, 0.3) is 6.43 Å². The summed E-state index contributed by atoms with van der Waals surface area (Å²) in [6.07, 6.45) is -2.43. The second-order valence-electron chi connectivity index (χ2n) is 8.60. The van der Waals surface area contributed by atoms with Crippen LogP contribution in [-0.4, -0.2) is 10.5 Å². The lowest BCUT2D eigenvalue weighted by molar-refractivity contribution is -0.121. The van der Waals surface area contributed by atoms with Gasteiger partial charge in [-0.15, -0.1) is 0 Å². The second-order valence-corrected chi connectivity index (χ2v) is 8.60. The molecule has 34 heavy (non-hydrogen) atoms. The second kappa shape index (κ2) is 10.2. The average molecular weight is 465 g/mol. The third-order valence-corrected chi connectivity index (χ3v) is 6.14. The first kappa shape index (κ1) is 23.6. The molecule has 0 spiro atoms. The molecule has 0 saturated heterocycles. The lowest BCUT2D eigenvalue weighted by atomic mass is 10.0. The van der Waals surface area contributed by atoms with Crippen LogP contribution in [0.5, 0.6) is 0 Å². The highest BCUT2D eigenvalue weighted by Crippen LogP contribution is 2.35. The Balaban J connectivity index is 1.60. The first-order valence-corrected chi connectivity index (χ1v) is 11.3. The van der Waals surface area contributed by atoms with Crippen LogP contribution in [0.25, 0.3) is 10.9 Å². The first-order chi connectivity index (χ1) is 16.3. The Morgan fingerprint density at radius 1 is 1.00 bits per heavy atom. The zero-order chi connectivity index (χ0) is 24.2. The number of rotatable bonds is 8. The topological polar surface area (TPSA) is 34.0 Å². The summed E-state index contributed by atoms with van der Waals surface area (Å²) in [4.78, 5) is 12.5. The molecule has 0 atom stereocenters. The summed E-state index contributed by atoms with van der Waals surface area (Å²) in [7, 11) is 0. The number of alkyl halides is 2. The van der Waals surface area contributed by atoms with Crippen LogP contribution < -0.4 is 5.32 Å². The minimum absolute atomic E-state index is 0.0416. The van der Waals surface area contributed by atoms with Gasteiger partial charge in [0.1, 0.15) is 5.82 Å². The number of amides is 1. The Labute approximate surface area is 197 Å². The number of fused-ring (bicyclic) bond motifs is 1. The maximum Gasteiger partial charge on any atom is 0.278 e. The van der Waals surface area contributed by atoms with Crippen LogP contribution in [0.3, 0.4) is 0 Å². The van der Waals surface area contributed by atoms with Crippen LogP contribution in [0.2, 0.25) is 0 Å².